The van der Waals surface area contributed by atoms with E-state index in [4.69, 9.17) is 23.8 Å². The van der Waals surface area contributed by atoms with Crippen molar-refractivity contribution in [2.75, 3.05) is 43.4 Å². The lowest BCUT2D eigenvalue weighted by Gasteiger charge is -2.35. The van der Waals surface area contributed by atoms with E-state index in [1.165, 1.54) is 11.1 Å². The van der Waals surface area contributed by atoms with Crippen LogP contribution in [0.4, 0.5) is 11.4 Å². The van der Waals surface area contributed by atoms with Crippen molar-refractivity contribution in [3.8, 4) is 0 Å². The Labute approximate surface area is 176 Å². The number of para-hydroxylation sites is 1. The Bertz CT molecular complexity index is 845. The zero-order valence-corrected chi connectivity index (χ0v) is 17.7. The normalized spacial score (nSPS) is 14.6. The maximum Gasteiger partial charge on any atom is 0.238 e. The Morgan fingerprint density at radius 3 is 2.32 bits per heavy atom. The fourth-order valence-corrected chi connectivity index (χ4v) is 3.80. The molecule has 0 unspecified atom stereocenters. The monoisotopic (exact) mass is 416 g/mol. The topological polar surface area (TPSA) is 47.6 Å². The highest BCUT2D eigenvalue weighted by Gasteiger charge is 2.21. The second kappa shape index (κ2) is 9.37. The van der Waals surface area contributed by atoms with Crippen LogP contribution in [0.5, 0.6) is 0 Å². The molecule has 1 fully saturated rings. The molecule has 7 heteroatoms. The number of nitrogens with zero attached hydrogens (tertiary/aromatic N) is 2. The number of nitrogens with one attached hydrogen (secondary N) is 2. The van der Waals surface area contributed by atoms with Gasteiger partial charge in [0.25, 0.3) is 0 Å². The van der Waals surface area contributed by atoms with Crippen LogP contribution in [-0.2, 0) is 4.79 Å². The molecule has 0 saturated carbocycles. The summed E-state index contributed by atoms with van der Waals surface area (Å²) in [5.74, 6) is -0.0579. The molecule has 0 aliphatic carbocycles. The molecule has 148 valence electrons. The summed E-state index contributed by atoms with van der Waals surface area (Å²) in [6.45, 7) is 7.64. The average molecular weight is 417 g/mol. The van der Waals surface area contributed by atoms with Gasteiger partial charge in [0.05, 0.1) is 17.3 Å². The van der Waals surface area contributed by atoms with Crippen LogP contribution < -0.4 is 10.6 Å². The van der Waals surface area contributed by atoms with E-state index in [1.807, 2.05) is 12.1 Å². The number of amides is 1. The zero-order valence-electron chi connectivity index (χ0n) is 16.2. The summed E-state index contributed by atoms with van der Waals surface area (Å²) in [5, 5.41) is 7.48. The second-order valence-electron chi connectivity index (χ2n) is 7.10. The van der Waals surface area contributed by atoms with E-state index in [0.717, 1.165) is 37.0 Å². The highest BCUT2D eigenvalue weighted by molar-refractivity contribution is 7.80. The van der Waals surface area contributed by atoms with Gasteiger partial charge in [0.1, 0.15) is 0 Å². The minimum absolute atomic E-state index is 0.0579. The van der Waals surface area contributed by atoms with Crippen LogP contribution in [0.1, 0.15) is 11.1 Å². The van der Waals surface area contributed by atoms with Gasteiger partial charge in [-0.05, 0) is 61.5 Å². The van der Waals surface area contributed by atoms with Gasteiger partial charge in [-0.2, -0.15) is 0 Å². The van der Waals surface area contributed by atoms with E-state index >= 15 is 0 Å². The predicted molar refractivity (Wildman–Crippen MR) is 120 cm³/mol. The van der Waals surface area contributed by atoms with Crippen LogP contribution in [0.25, 0.3) is 0 Å². The summed E-state index contributed by atoms with van der Waals surface area (Å²) in [7, 11) is 0. The molecule has 0 spiro atoms. The molecule has 5 nitrogen and oxygen atoms in total. The molecule has 1 amide bonds. The maximum atomic E-state index is 12.3. The van der Waals surface area contributed by atoms with Crippen molar-refractivity contribution in [1.82, 2.24) is 9.80 Å². The third-order valence-electron chi connectivity index (χ3n) is 4.65. The highest BCUT2D eigenvalue weighted by atomic mass is 35.5. The SMILES string of the molecule is Cc1cc(C)cc(NC(=S)N2CCN(CC(=O)Nc3ccccc3Cl)CC2)c1. The third kappa shape index (κ3) is 5.67. The van der Waals surface area contributed by atoms with E-state index in [9.17, 15) is 4.79 Å². The number of carbonyl (C=O) groups excluding carboxylic acids is 1. The number of halogens is 1. The Morgan fingerprint density at radius 1 is 1.04 bits per heavy atom. The number of hydrogen-bond acceptors (Lipinski definition) is 3. The summed E-state index contributed by atoms with van der Waals surface area (Å²) >= 11 is 11.7. The van der Waals surface area contributed by atoms with Gasteiger partial charge in [-0.3, -0.25) is 9.69 Å². The summed E-state index contributed by atoms with van der Waals surface area (Å²) in [6.07, 6.45) is 0. The molecule has 1 saturated heterocycles. The van der Waals surface area contributed by atoms with Crippen LogP contribution in [0.15, 0.2) is 42.5 Å². The van der Waals surface area contributed by atoms with Crippen molar-refractivity contribution in [1.29, 1.82) is 0 Å². The van der Waals surface area contributed by atoms with Crippen molar-refractivity contribution in [3.63, 3.8) is 0 Å². The number of benzene rings is 2. The molecule has 2 aromatic carbocycles. The van der Waals surface area contributed by atoms with Crippen LogP contribution in [-0.4, -0.2) is 53.5 Å². The molecule has 1 aliphatic rings. The van der Waals surface area contributed by atoms with Gasteiger partial charge in [-0.15, -0.1) is 0 Å². The number of aryl methyl sites for hydroxylation is 2. The number of hydrogen-bond donors (Lipinski definition) is 2. The number of rotatable bonds is 4. The number of carbonyl (C=O) groups is 1. The number of piperazine rings is 1. The highest BCUT2D eigenvalue weighted by Crippen LogP contribution is 2.20. The molecular weight excluding hydrogens is 392 g/mol. The lowest BCUT2D eigenvalue weighted by molar-refractivity contribution is -0.117. The van der Waals surface area contributed by atoms with E-state index in [2.05, 4.69) is 52.5 Å². The molecule has 2 N–H and O–H groups in total. The van der Waals surface area contributed by atoms with Gasteiger partial charge in [0, 0.05) is 31.9 Å². The predicted octanol–water partition coefficient (Wildman–Crippen LogP) is 3.91. The largest absolute Gasteiger partial charge is 0.346 e. The van der Waals surface area contributed by atoms with Crippen LogP contribution in [0, 0.1) is 13.8 Å². The van der Waals surface area contributed by atoms with Crippen molar-refractivity contribution in [2.24, 2.45) is 0 Å². The summed E-state index contributed by atoms with van der Waals surface area (Å²) < 4.78 is 0. The van der Waals surface area contributed by atoms with Gasteiger partial charge in [-0.25, -0.2) is 0 Å². The molecule has 0 atom stereocenters. The average Bonchev–Trinajstić information content (AvgIpc) is 2.63. The van der Waals surface area contributed by atoms with Crippen molar-refractivity contribution < 1.29 is 4.79 Å². The molecular formula is C21H25ClN4OS. The van der Waals surface area contributed by atoms with Crippen LogP contribution in [0.2, 0.25) is 5.02 Å². The minimum Gasteiger partial charge on any atom is -0.346 e. The van der Waals surface area contributed by atoms with E-state index in [0.29, 0.717) is 17.3 Å². The third-order valence-corrected chi connectivity index (χ3v) is 5.34. The fraction of sp³-hybridized carbons (Fsp3) is 0.333. The maximum absolute atomic E-state index is 12.3. The minimum atomic E-state index is -0.0579. The van der Waals surface area contributed by atoms with Crippen LogP contribution >= 0.6 is 23.8 Å². The summed E-state index contributed by atoms with van der Waals surface area (Å²) in [5.41, 5.74) is 4.08. The first kappa shape index (κ1) is 20.6. The zero-order chi connectivity index (χ0) is 20.1. The number of anilines is 2. The first-order valence-electron chi connectivity index (χ1n) is 9.31. The molecule has 0 aromatic heterocycles. The Hall–Kier alpha value is -2.15. The van der Waals surface area contributed by atoms with E-state index in [-0.39, 0.29) is 5.91 Å². The van der Waals surface area contributed by atoms with Crippen molar-refractivity contribution >= 4 is 46.2 Å². The fourth-order valence-electron chi connectivity index (χ4n) is 3.31. The number of thiocarbonyl (C=S) groups is 1. The first-order valence-corrected chi connectivity index (χ1v) is 10.1. The molecule has 28 heavy (non-hydrogen) atoms. The molecule has 3 rings (SSSR count). The molecule has 0 radical (unpaired) electrons. The lowest BCUT2D eigenvalue weighted by atomic mass is 10.1. The molecule has 0 bridgehead atoms. The summed E-state index contributed by atoms with van der Waals surface area (Å²) in [6, 6.07) is 13.6. The van der Waals surface area contributed by atoms with Gasteiger partial charge in [-0.1, -0.05) is 29.8 Å². The van der Waals surface area contributed by atoms with Gasteiger partial charge >= 0.3 is 0 Å². The molecule has 1 aliphatic heterocycles. The van der Waals surface area contributed by atoms with Crippen molar-refractivity contribution in [3.05, 3.63) is 58.6 Å². The lowest BCUT2D eigenvalue weighted by Crippen LogP contribution is -2.51. The Morgan fingerprint density at radius 2 is 1.68 bits per heavy atom. The summed E-state index contributed by atoms with van der Waals surface area (Å²) in [4.78, 5) is 16.6. The molecule has 1 heterocycles. The smallest absolute Gasteiger partial charge is 0.238 e. The molecule has 2 aromatic rings. The van der Waals surface area contributed by atoms with E-state index < -0.39 is 0 Å². The van der Waals surface area contributed by atoms with Crippen molar-refractivity contribution in [2.45, 2.75) is 13.8 Å². The van der Waals surface area contributed by atoms with E-state index in [1.54, 1.807) is 12.1 Å². The van der Waals surface area contributed by atoms with Gasteiger partial charge in [0.15, 0.2) is 5.11 Å². The second-order valence-corrected chi connectivity index (χ2v) is 7.89. The Kier molecular flexibility index (Phi) is 6.88. The Balaban J connectivity index is 1.46. The standard InChI is InChI=1S/C21H25ClN4OS/c1-15-11-16(2)13-17(12-15)23-21(28)26-9-7-25(8-10-26)14-20(27)24-19-6-4-3-5-18(19)22/h3-6,11-13H,7-10,14H2,1-2H3,(H,23,28)(H,24,27). The van der Waals surface area contributed by atoms with Gasteiger partial charge in [0.2, 0.25) is 5.91 Å². The first-order chi connectivity index (χ1) is 13.4. The van der Waals surface area contributed by atoms with Crippen LogP contribution in [0.3, 0.4) is 0 Å². The van der Waals surface area contributed by atoms with Gasteiger partial charge < -0.3 is 15.5 Å². The quantitative estimate of drug-likeness (QED) is 0.740.